The van der Waals surface area contributed by atoms with E-state index in [0.29, 0.717) is 23.4 Å². The van der Waals surface area contributed by atoms with Crippen LogP contribution in [0.15, 0.2) is 12.1 Å². The first-order chi connectivity index (χ1) is 6.90. The van der Waals surface area contributed by atoms with Crippen LogP contribution in [-0.4, -0.2) is 7.05 Å². The number of anilines is 2. The van der Waals surface area contributed by atoms with Crippen LogP contribution in [-0.2, 0) is 12.6 Å². The van der Waals surface area contributed by atoms with Crippen molar-refractivity contribution < 1.29 is 13.2 Å². The molecular formula is C10H13F3N2. The average Bonchev–Trinajstić information content (AvgIpc) is 2.16. The number of hydrogen-bond donors (Lipinski definition) is 2. The van der Waals surface area contributed by atoms with Crippen LogP contribution in [0.3, 0.4) is 0 Å². The maximum Gasteiger partial charge on any atom is 0.416 e. The summed E-state index contributed by atoms with van der Waals surface area (Å²) in [6.07, 6.45) is -3.85. The van der Waals surface area contributed by atoms with Crippen molar-refractivity contribution in [2.45, 2.75) is 19.5 Å². The van der Waals surface area contributed by atoms with Gasteiger partial charge < -0.3 is 11.1 Å². The van der Waals surface area contributed by atoms with Crippen LogP contribution in [0.25, 0.3) is 0 Å². The van der Waals surface area contributed by atoms with Gasteiger partial charge in [-0.25, -0.2) is 0 Å². The molecule has 1 aromatic carbocycles. The van der Waals surface area contributed by atoms with Gasteiger partial charge in [0.2, 0.25) is 0 Å². The Morgan fingerprint density at radius 1 is 1.33 bits per heavy atom. The molecule has 2 nitrogen and oxygen atoms in total. The first-order valence-electron chi connectivity index (χ1n) is 4.57. The van der Waals surface area contributed by atoms with Crippen molar-refractivity contribution in [2.24, 2.45) is 0 Å². The third-order valence-corrected chi connectivity index (χ3v) is 2.24. The summed E-state index contributed by atoms with van der Waals surface area (Å²) in [5.74, 6) is 0. The second-order valence-electron chi connectivity index (χ2n) is 3.20. The Labute approximate surface area is 86.3 Å². The molecule has 84 valence electrons. The van der Waals surface area contributed by atoms with Gasteiger partial charge in [-0.15, -0.1) is 0 Å². The first kappa shape index (κ1) is 11.7. The lowest BCUT2D eigenvalue weighted by Gasteiger charge is -2.14. The molecule has 0 radical (unpaired) electrons. The van der Waals surface area contributed by atoms with Gasteiger partial charge in [0.15, 0.2) is 0 Å². The number of hydrogen-bond acceptors (Lipinski definition) is 2. The SMILES string of the molecule is CCc1cc(C(F)(F)F)cc(NC)c1N. The van der Waals surface area contributed by atoms with Crippen LogP contribution in [0.5, 0.6) is 0 Å². The highest BCUT2D eigenvalue weighted by atomic mass is 19.4. The summed E-state index contributed by atoms with van der Waals surface area (Å²) in [6.45, 7) is 1.77. The number of benzene rings is 1. The van der Waals surface area contributed by atoms with Gasteiger partial charge in [-0.1, -0.05) is 6.92 Å². The molecule has 0 fully saturated rings. The zero-order valence-corrected chi connectivity index (χ0v) is 8.57. The zero-order chi connectivity index (χ0) is 11.6. The Bertz CT molecular complexity index is 333. The molecule has 0 saturated heterocycles. The summed E-state index contributed by atoms with van der Waals surface area (Å²) in [5, 5.41) is 2.66. The van der Waals surface area contributed by atoms with Crippen molar-refractivity contribution in [2.75, 3.05) is 18.1 Å². The second kappa shape index (κ2) is 4.00. The fourth-order valence-corrected chi connectivity index (χ4v) is 1.38. The lowest BCUT2D eigenvalue weighted by atomic mass is 10.0. The van der Waals surface area contributed by atoms with Crippen LogP contribution in [0.1, 0.15) is 18.1 Å². The molecule has 3 N–H and O–H groups in total. The van der Waals surface area contributed by atoms with E-state index in [1.54, 1.807) is 14.0 Å². The van der Waals surface area contributed by atoms with Gasteiger partial charge in [-0.3, -0.25) is 0 Å². The number of rotatable bonds is 2. The van der Waals surface area contributed by atoms with Crippen molar-refractivity contribution in [3.63, 3.8) is 0 Å². The molecule has 1 rings (SSSR count). The predicted octanol–water partition coefficient (Wildman–Crippen LogP) is 2.89. The highest BCUT2D eigenvalue weighted by Crippen LogP contribution is 2.35. The maximum absolute atomic E-state index is 12.5. The van der Waals surface area contributed by atoms with E-state index in [4.69, 9.17) is 5.73 Å². The molecule has 0 saturated carbocycles. The van der Waals surface area contributed by atoms with Crippen LogP contribution in [0.2, 0.25) is 0 Å². The third kappa shape index (κ3) is 2.34. The largest absolute Gasteiger partial charge is 0.416 e. The van der Waals surface area contributed by atoms with Crippen LogP contribution < -0.4 is 11.1 Å². The number of nitrogens with one attached hydrogen (secondary N) is 1. The first-order valence-corrected chi connectivity index (χ1v) is 4.57. The summed E-state index contributed by atoms with van der Waals surface area (Å²) >= 11 is 0. The highest BCUT2D eigenvalue weighted by molar-refractivity contribution is 5.71. The molecule has 0 spiro atoms. The van der Waals surface area contributed by atoms with Gasteiger partial charge in [-0.2, -0.15) is 13.2 Å². The topological polar surface area (TPSA) is 38.0 Å². The molecule has 15 heavy (non-hydrogen) atoms. The minimum absolute atomic E-state index is 0.321. The van der Waals surface area contributed by atoms with Crippen molar-refractivity contribution in [1.82, 2.24) is 0 Å². The molecule has 1 aromatic rings. The van der Waals surface area contributed by atoms with E-state index >= 15 is 0 Å². The molecule has 0 aliphatic rings. The molecule has 0 heterocycles. The minimum atomic E-state index is -4.33. The molecule has 0 aliphatic carbocycles. The van der Waals surface area contributed by atoms with Gasteiger partial charge in [0, 0.05) is 7.05 Å². The van der Waals surface area contributed by atoms with E-state index < -0.39 is 11.7 Å². The Morgan fingerprint density at radius 2 is 1.93 bits per heavy atom. The highest BCUT2D eigenvalue weighted by Gasteiger charge is 2.31. The smallest absolute Gasteiger partial charge is 0.397 e. The van der Waals surface area contributed by atoms with Crippen LogP contribution in [0, 0.1) is 0 Å². The van der Waals surface area contributed by atoms with Gasteiger partial charge in [0.05, 0.1) is 16.9 Å². The normalized spacial score (nSPS) is 11.5. The van der Waals surface area contributed by atoms with Crippen LogP contribution in [0.4, 0.5) is 24.5 Å². The van der Waals surface area contributed by atoms with Crippen molar-refractivity contribution >= 4 is 11.4 Å². The predicted molar refractivity (Wildman–Crippen MR) is 54.8 cm³/mol. The lowest BCUT2D eigenvalue weighted by molar-refractivity contribution is -0.137. The maximum atomic E-state index is 12.5. The van der Waals surface area contributed by atoms with E-state index in [2.05, 4.69) is 5.32 Å². The third-order valence-electron chi connectivity index (χ3n) is 2.24. The lowest BCUT2D eigenvalue weighted by Crippen LogP contribution is -2.09. The van der Waals surface area contributed by atoms with Gasteiger partial charge in [0.25, 0.3) is 0 Å². The summed E-state index contributed by atoms with van der Waals surface area (Å²) in [4.78, 5) is 0. The zero-order valence-electron chi connectivity index (χ0n) is 8.57. The van der Waals surface area contributed by atoms with Crippen molar-refractivity contribution in [3.8, 4) is 0 Å². The molecule has 5 heteroatoms. The molecular weight excluding hydrogens is 205 g/mol. The second-order valence-corrected chi connectivity index (χ2v) is 3.20. The van der Waals surface area contributed by atoms with E-state index in [9.17, 15) is 13.2 Å². The van der Waals surface area contributed by atoms with E-state index in [1.165, 1.54) is 0 Å². The monoisotopic (exact) mass is 218 g/mol. The number of halogens is 3. The fraction of sp³-hybridized carbons (Fsp3) is 0.400. The standard InChI is InChI=1S/C10H13F3N2/c1-3-6-4-7(10(11,12)13)5-8(15-2)9(6)14/h4-5,15H,3,14H2,1-2H3. The summed E-state index contributed by atoms with van der Waals surface area (Å²) in [6, 6.07) is 2.12. The molecule has 0 aromatic heterocycles. The Morgan fingerprint density at radius 3 is 2.33 bits per heavy atom. The molecule has 0 unspecified atom stereocenters. The molecule has 0 bridgehead atoms. The average molecular weight is 218 g/mol. The Balaban J connectivity index is 3.33. The molecule has 0 amide bonds. The number of nitrogens with two attached hydrogens (primary N) is 1. The van der Waals surface area contributed by atoms with Gasteiger partial charge in [-0.05, 0) is 24.1 Å². The van der Waals surface area contributed by atoms with Crippen molar-refractivity contribution in [3.05, 3.63) is 23.3 Å². The fourth-order valence-electron chi connectivity index (χ4n) is 1.38. The summed E-state index contributed by atoms with van der Waals surface area (Å²) < 4.78 is 37.5. The Kier molecular flexibility index (Phi) is 3.12. The van der Waals surface area contributed by atoms with Gasteiger partial charge in [0.1, 0.15) is 0 Å². The summed E-state index contributed by atoms with van der Waals surface area (Å²) in [7, 11) is 1.55. The quantitative estimate of drug-likeness (QED) is 0.749. The van der Waals surface area contributed by atoms with Crippen molar-refractivity contribution in [1.29, 1.82) is 0 Å². The summed E-state index contributed by atoms with van der Waals surface area (Å²) in [5.41, 5.74) is 6.23. The minimum Gasteiger partial charge on any atom is -0.397 e. The van der Waals surface area contributed by atoms with E-state index in [0.717, 1.165) is 12.1 Å². The van der Waals surface area contributed by atoms with E-state index in [1.807, 2.05) is 0 Å². The number of aryl methyl sites for hydroxylation is 1. The Hall–Kier alpha value is -1.39. The number of alkyl halides is 3. The number of nitrogen functional groups attached to an aromatic ring is 1. The van der Waals surface area contributed by atoms with Crippen LogP contribution >= 0.6 is 0 Å². The molecule has 0 aliphatic heterocycles. The van der Waals surface area contributed by atoms with Gasteiger partial charge >= 0.3 is 6.18 Å². The van der Waals surface area contributed by atoms with E-state index in [-0.39, 0.29) is 0 Å². The molecule has 0 atom stereocenters.